The molecule has 0 amide bonds. The lowest BCUT2D eigenvalue weighted by Gasteiger charge is -2.33. The monoisotopic (exact) mass is 228 g/mol. The van der Waals surface area contributed by atoms with Crippen LogP contribution in [-0.4, -0.2) is 12.7 Å². The van der Waals surface area contributed by atoms with Gasteiger partial charge < -0.3 is 4.74 Å². The predicted molar refractivity (Wildman–Crippen MR) is 70.7 cm³/mol. The minimum absolute atomic E-state index is 0.341. The maximum atomic E-state index is 5.59. The van der Waals surface area contributed by atoms with Crippen LogP contribution in [0.1, 0.15) is 37.7 Å². The third-order valence-electron chi connectivity index (χ3n) is 4.17. The maximum Gasteiger partial charge on any atom is 0.0900 e. The number of epoxide rings is 1. The first-order valence-corrected chi connectivity index (χ1v) is 6.75. The fraction of sp³-hybridized carbons (Fsp3) is 0.500. The first-order valence-electron chi connectivity index (χ1n) is 6.75. The Hall–Kier alpha value is -1.08. The van der Waals surface area contributed by atoms with Gasteiger partial charge in [0.15, 0.2) is 0 Å². The van der Waals surface area contributed by atoms with Gasteiger partial charge in [-0.15, -0.1) is 0 Å². The SMILES string of the molecule is C(=C\C1(C2CO2)CCCCC1)/c1ccccc1. The van der Waals surface area contributed by atoms with Crippen LogP contribution in [0.15, 0.2) is 36.4 Å². The second-order valence-corrected chi connectivity index (χ2v) is 5.36. The molecule has 3 rings (SSSR count). The molecule has 1 aliphatic heterocycles. The van der Waals surface area contributed by atoms with Crippen LogP contribution in [0.25, 0.3) is 6.08 Å². The summed E-state index contributed by atoms with van der Waals surface area (Å²) in [6.45, 7) is 0.971. The van der Waals surface area contributed by atoms with Crippen LogP contribution in [-0.2, 0) is 4.74 Å². The van der Waals surface area contributed by atoms with Gasteiger partial charge in [0, 0.05) is 5.41 Å². The summed E-state index contributed by atoms with van der Waals surface area (Å²) in [6.07, 6.45) is 11.9. The van der Waals surface area contributed by atoms with E-state index in [-0.39, 0.29) is 0 Å². The van der Waals surface area contributed by atoms with E-state index < -0.39 is 0 Å². The van der Waals surface area contributed by atoms with Gasteiger partial charge in [-0.2, -0.15) is 0 Å². The Morgan fingerprint density at radius 1 is 1.06 bits per heavy atom. The molecule has 90 valence electrons. The summed E-state index contributed by atoms with van der Waals surface area (Å²) in [5, 5.41) is 0. The summed E-state index contributed by atoms with van der Waals surface area (Å²) in [6, 6.07) is 10.6. The van der Waals surface area contributed by atoms with E-state index in [2.05, 4.69) is 42.5 Å². The highest BCUT2D eigenvalue weighted by atomic mass is 16.6. The molecule has 0 bridgehead atoms. The van der Waals surface area contributed by atoms with Crippen LogP contribution >= 0.6 is 0 Å². The number of rotatable bonds is 3. The molecule has 17 heavy (non-hydrogen) atoms. The largest absolute Gasteiger partial charge is 0.372 e. The van der Waals surface area contributed by atoms with Crippen LogP contribution < -0.4 is 0 Å². The number of hydrogen-bond acceptors (Lipinski definition) is 1. The second kappa shape index (κ2) is 4.66. The van der Waals surface area contributed by atoms with E-state index in [0.717, 1.165) is 6.61 Å². The molecule has 2 fully saturated rings. The lowest BCUT2D eigenvalue weighted by molar-refractivity contribution is 0.188. The molecule has 0 radical (unpaired) electrons. The van der Waals surface area contributed by atoms with E-state index in [9.17, 15) is 0 Å². The predicted octanol–water partition coefficient (Wildman–Crippen LogP) is 4.05. The average Bonchev–Trinajstić information content (AvgIpc) is 3.24. The quantitative estimate of drug-likeness (QED) is 0.711. The topological polar surface area (TPSA) is 12.5 Å². The third-order valence-corrected chi connectivity index (χ3v) is 4.17. The highest BCUT2D eigenvalue weighted by molar-refractivity contribution is 5.50. The minimum atomic E-state index is 0.341. The van der Waals surface area contributed by atoms with Gasteiger partial charge in [0.05, 0.1) is 12.7 Å². The minimum Gasteiger partial charge on any atom is -0.372 e. The Bertz CT molecular complexity index is 383. The summed E-state index contributed by atoms with van der Waals surface area (Å²) in [7, 11) is 0. The lowest BCUT2D eigenvalue weighted by Crippen LogP contribution is -2.27. The van der Waals surface area contributed by atoms with Gasteiger partial charge in [-0.1, -0.05) is 61.7 Å². The molecule has 0 N–H and O–H groups in total. The third kappa shape index (κ3) is 2.44. The van der Waals surface area contributed by atoms with Gasteiger partial charge >= 0.3 is 0 Å². The van der Waals surface area contributed by atoms with E-state index in [1.54, 1.807) is 0 Å². The Kier molecular flexibility index (Phi) is 3.02. The van der Waals surface area contributed by atoms with Crippen molar-refractivity contribution < 1.29 is 4.74 Å². The molecule has 1 aromatic carbocycles. The highest BCUT2D eigenvalue weighted by Gasteiger charge is 2.45. The first-order chi connectivity index (χ1) is 8.39. The van der Waals surface area contributed by atoms with Gasteiger partial charge in [0.25, 0.3) is 0 Å². The molecule has 1 aromatic rings. The Balaban J connectivity index is 1.78. The Morgan fingerprint density at radius 3 is 2.41 bits per heavy atom. The molecule has 1 heteroatoms. The molecule has 1 aliphatic carbocycles. The van der Waals surface area contributed by atoms with Gasteiger partial charge in [0.1, 0.15) is 0 Å². The lowest BCUT2D eigenvalue weighted by atomic mass is 9.71. The Morgan fingerprint density at radius 2 is 1.76 bits per heavy atom. The van der Waals surface area contributed by atoms with Crippen LogP contribution in [0.3, 0.4) is 0 Å². The van der Waals surface area contributed by atoms with E-state index in [1.807, 2.05) is 0 Å². The van der Waals surface area contributed by atoms with E-state index in [4.69, 9.17) is 4.74 Å². The summed E-state index contributed by atoms with van der Waals surface area (Å²) < 4.78 is 5.59. The summed E-state index contributed by atoms with van der Waals surface area (Å²) in [5.74, 6) is 0. The van der Waals surface area contributed by atoms with Crippen molar-refractivity contribution in [3.8, 4) is 0 Å². The van der Waals surface area contributed by atoms with Crippen LogP contribution in [0, 0.1) is 5.41 Å². The van der Waals surface area contributed by atoms with E-state index in [1.165, 1.54) is 37.7 Å². The molecule has 1 saturated heterocycles. The standard InChI is InChI=1S/C16H20O/c1-3-7-14(8-4-1)9-12-16(15-13-17-15)10-5-2-6-11-16/h1,3-4,7-9,12,15H,2,5-6,10-11,13H2/b12-9+. The molecule has 1 saturated carbocycles. The van der Waals surface area contributed by atoms with Gasteiger partial charge in [-0.05, 0) is 18.4 Å². The van der Waals surface area contributed by atoms with Crippen LogP contribution in [0.5, 0.6) is 0 Å². The first kappa shape index (κ1) is 11.0. The van der Waals surface area contributed by atoms with Crippen LogP contribution in [0.2, 0.25) is 0 Å². The van der Waals surface area contributed by atoms with Crippen LogP contribution in [0.4, 0.5) is 0 Å². The number of ether oxygens (including phenoxy) is 1. The number of benzene rings is 1. The van der Waals surface area contributed by atoms with Crippen molar-refractivity contribution in [3.63, 3.8) is 0 Å². The summed E-state index contributed by atoms with van der Waals surface area (Å²) >= 11 is 0. The van der Waals surface area contributed by atoms with Crippen molar-refractivity contribution in [1.82, 2.24) is 0 Å². The molecular formula is C16H20O. The van der Waals surface area contributed by atoms with Crippen molar-refractivity contribution in [2.75, 3.05) is 6.61 Å². The zero-order valence-electron chi connectivity index (χ0n) is 10.3. The zero-order chi connectivity index (χ0) is 11.6. The van der Waals surface area contributed by atoms with Gasteiger partial charge in [0.2, 0.25) is 0 Å². The van der Waals surface area contributed by atoms with Gasteiger partial charge in [-0.3, -0.25) is 0 Å². The van der Waals surface area contributed by atoms with Crippen molar-refractivity contribution >= 4 is 6.08 Å². The summed E-state index contributed by atoms with van der Waals surface area (Å²) in [5.41, 5.74) is 1.65. The number of hydrogen-bond donors (Lipinski definition) is 0. The smallest absolute Gasteiger partial charge is 0.0900 e. The molecule has 0 aromatic heterocycles. The van der Waals surface area contributed by atoms with Crippen molar-refractivity contribution in [1.29, 1.82) is 0 Å². The van der Waals surface area contributed by atoms with Gasteiger partial charge in [-0.25, -0.2) is 0 Å². The normalized spacial score (nSPS) is 27.2. The zero-order valence-corrected chi connectivity index (χ0v) is 10.3. The van der Waals surface area contributed by atoms with E-state index >= 15 is 0 Å². The molecule has 1 nitrogen and oxygen atoms in total. The Labute approximate surface area is 103 Å². The molecule has 1 heterocycles. The summed E-state index contributed by atoms with van der Waals surface area (Å²) in [4.78, 5) is 0. The molecule has 0 spiro atoms. The molecule has 1 unspecified atom stereocenters. The van der Waals surface area contributed by atoms with E-state index in [0.29, 0.717) is 11.5 Å². The van der Waals surface area contributed by atoms with Crippen molar-refractivity contribution in [2.24, 2.45) is 5.41 Å². The fourth-order valence-corrected chi connectivity index (χ4v) is 3.01. The average molecular weight is 228 g/mol. The molecule has 1 atom stereocenters. The van der Waals surface area contributed by atoms with Crippen molar-refractivity contribution in [3.05, 3.63) is 42.0 Å². The molecule has 2 aliphatic rings. The highest BCUT2D eigenvalue weighted by Crippen LogP contribution is 2.46. The van der Waals surface area contributed by atoms with Crippen molar-refractivity contribution in [2.45, 2.75) is 38.2 Å². The second-order valence-electron chi connectivity index (χ2n) is 5.36. The molecular weight excluding hydrogens is 208 g/mol. The fourth-order valence-electron chi connectivity index (χ4n) is 3.01. The maximum absolute atomic E-state index is 5.59.